The van der Waals surface area contributed by atoms with Crippen LogP contribution in [-0.4, -0.2) is 21.7 Å². The van der Waals surface area contributed by atoms with Crippen LogP contribution in [0.15, 0.2) is 23.0 Å². The van der Waals surface area contributed by atoms with E-state index in [1.54, 1.807) is 6.07 Å². The summed E-state index contributed by atoms with van der Waals surface area (Å²) in [6, 6.07) is 5.02. The van der Waals surface area contributed by atoms with Crippen LogP contribution in [0.4, 0.5) is 0 Å². The summed E-state index contributed by atoms with van der Waals surface area (Å²) in [5.74, 6) is 0.614. The maximum atomic E-state index is 11.2. The second-order valence-electron chi connectivity index (χ2n) is 4.45. The van der Waals surface area contributed by atoms with Gasteiger partial charge in [0.05, 0.1) is 5.69 Å². The first-order valence-corrected chi connectivity index (χ1v) is 6.69. The van der Waals surface area contributed by atoms with Crippen molar-refractivity contribution < 1.29 is 0 Å². The van der Waals surface area contributed by atoms with Crippen molar-refractivity contribution in [1.82, 2.24) is 20.5 Å². The van der Waals surface area contributed by atoms with Crippen LogP contribution in [0.5, 0.6) is 0 Å². The first kappa shape index (κ1) is 12.9. The number of hydrogen-bond acceptors (Lipinski definition) is 5. The van der Waals surface area contributed by atoms with Gasteiger partial charge in [-0.1, -0.05) is 31.3 Å². The Kier molecular flexibility index (Phi) is 4.22. The Hall–Kier alpha value is -1.53. The van der Waals surface area contributed by atoms with Crippen molar-refractivity contribution in [2.75, 3.05) is 6.54 Å². The third kappa shape index (κ3) is 3.48. The molecule has 0 aliphatic heterocycles. The molecule has 5 nitrogen and oxygen atoms in total. The average molecular weight is 264 g/mol. The lowest BCUT2D eigenvalue weighted by atomic mass is 10.2. The third-order valence-electron chi connectivity index (χ3n) is 2.29. The minimum Gasteiger partial charge on any atom is -0.320 e. The van der Waals surface area contributed by atoms with Gasteiger partial charge in [-0.2, -0.15) is 0 Å². The van der Waals surface area contributed by atoms with Gasteiger partial charge in [-0.05, 0) is 18.5 Å². The van der Waals surface area contributed by atoms with Crippen LogP contribution < -0.4 is 10.9 Å². The summed E-state index contributed by atoms with van der Waals surface area (Å²) < 4.78 is 0. The molecule has 0 aromatic carbocycles. The van der Waals surface area contributed by atoms with E-state index in [1.807, 2.05) is 6.07 Å². The lowest BCUT2D eigenvalue weighted by Gasteiger charge is -2.03. The van der Waals surface area contributed by atoms with E-state index in [9.17, 15) is 4.79 Å². The lowest BCUT2D eigenvalue weighted by molar-refractivity contribution is 0.550. The summed E-state index contributed by atoms with van der Waals surface area (Å²) in [6.07, 6.45) is 0. The molecule has 2 heterocycles. The number of rotatable bonds is 5. The van der Waals surface area contributed by atoms with Crippen LogP contribution >= 0.6 is 11.3 Å². The largest absolute Gasteiger partial charge is 0.320 e. The molecule has 0 aliphatic carbocycles. The van der Waals surface area contributed by atoms with Gasteiger partial charge in [-0.15, -0.1) is 10.2 Å². The smallest absolute Gasteiger partial charge is 0.248 e. The number of nitrogens with one attached hydrogen (secondary N) is 2. The lowest BCUT2D eigenvalue weighted by Crippen LogP contribution is -2.18. The van der Waals surface area contributed by atoms with Gasteiger partial charge in [0.1, 0.15) is 5.01 Å². The summed E-state index contributed by atoms with van der Waals surface area (Å²) in [5.41, 5.74) is 0.595. The molecule has 6 heteroatoms. The molecule has 0 spiro atoms. The van der Waals surface area contributed by atoms with Gasteiger partial charge in [0.25, 0.3) is 0 Å². The number of pyridine rings is 1. The normalized spacial score (nSPS) is 11.1. The molecule has 0 fully saturated rings. The maximum Gasteiger partial charge on any atom is 0.248 e. The van der Waals surface area contributed by atoms with E-state index in [0.717, 1.165) is 22.3 Å². The van der Waals surface area contributed by atoms with E-state index in [1.165, 1.54) is 17.4 Å². The first-order valence-electron chi connectivity index (χ1n) is 5.88. The number of hydrogen-bond donors (Lipinski definition) is 2. The number of nitrogens with zero attached hydrogens (tertiary/aromatic N) is 2. The van der Waals surface area contributed by atoms with E-state index >= 15 is 0 Å². The molecule has 18 heavy (non-hydrogen) atoms. The van der Waals surface area contributed by atoms with Crippen LogP contribution in [-0.2, 0) is 6.54 Å². The number of aromatic amines is 1. The molecule has 2 aromatic heterocycles. The Morgan fingerprint density at radius 3 is 2.94 bits per heavy atom. The van der Waals surface area contributed by atoms with E-state index in [0.29, 0.717) is 12.5 Å². The summed E-state index contributed by atoms with van der Waals surface area (Å²) in [4.78, 5) is 13.9. The van der Waals surface area contributed by atoms with Crippen LogP contribution in [0, 0.1) is 5.92 Å². The molecule has 0 saturated carbocycles. The standard InChI is InChI=1S/C12H16N4OS/c1-8(2)6-13-7-11-15-16-12(18-11)9-4-3-5-10(17)14-9/h3-5,8,13H,6-7H2,1-2H3,(H,14,17). The molecule has 96 valence electrons. The molecule has 0 saturated heterocycles. The van der Waals surface area contributed by atoms with Gasteiger partial charge < -0.3 is 10.3 Å². The van der Waals surface area contributed by atoms with E-state index in [2.05, 4.69) is 34.3 Å². The second kappa shape index (κ2) is 5.88. The highest BCUT2D eigenvalue weighted by molar-refractivity contribution is 7.14. The van der Waals surface area contributed by atoms with E-state index in [-0.39, 0.29) is 5.56 Å². The molecule has 0 amide bonds. The monoisotopic (exact) mass is 264 g/mol. The zero-order chi connectivity index (χ0) is 13.0. The van der Waals surface area contributed by atoms with E-state index < -0.39 is 0 Å². The highest BCUT2D eigenvalue weighted by Crippen LogP contribution is 2.20. The number of aromatic nitrogens is 3. The molecule has 0 aliphatic rings. The van der Waals surface area contributed by atoms with Crippen molar-refractivity contribution in [1.29, 1.82) is 0 Å². The van der Waals surface area contributed by atoms with Crippen molar-refractivity contribution >= 4 is 11.3 Å². The fraction of sp³-hybridized carbons (Fsp3) is 0.417. The van der Waals surface area contributed by atoms with Gasteiger partial charge >= 0.3 is 0 Å². The molecule has 0 radical (unpaired) electrons. The van der Waals surface area contributed by atoms with Crippen molar-refractivity contribution in [3.05, 3.63) is 33.6 Å². The highest BCUT2D eigenvalue weighted by atomic mass is 32.1. The fourth-order valence-electron chi connectivity index (χ4n) is 1.47. The van der Waals surface area contributed by atoms with Crippen molar-refractivity contribution in [3.63, 3.8) is 0 Å². The molecule has 2 aromatic rings. The minimum absolute atomic E-state index is 0.123. The summed E-state index contributed by atoms with van der Waals surface area (Å²) in [5, 5.41) is 13.2. The Morgan fingerprint density at radius 2 is 2.22 bits per heavy atom. The van der Waals surface area contributed by atoms with Crippen LogP contribution in [0.3, 0.4) is 0 Å². The number of H-pyrrole nitrogens is 1. The molecule has 2 N–H and O–H groups in total. The van der Waals surface area contributed by atoms with Gasteiger partial charge in [0.15, 0.2) is 5.01 Å². The van der Waals surface area contributed by atoms with Crippen LogP contribution in [0.25, 0.3) is 10.7 Å². The summed E-state index contributed by atoms with van der Waals surface area (Å²) in [6.45, 7) is 5.99. The van der Waals surface area contributed by atoms with Crippen molar-refractivity contribution in [2.24, 2.45) is 5.92 Å². The summed E-state index contributed by atoms with van der Waals surface area (Å²) in [7, 11) is 0. The quantitative estimate of drug-likeness (QED) is 0.861. The average Bonchev–Trinajstić information content (AvgIpc) is 2.77. The third-order valence-corrected chi connectivity index (χ3v) is 3.25. The summed E-state index contributed by atoms with van der Waals surface area (Å²) >= 11 is 1.49. The van der Waals surface area contributed by atoms with Crippen molar-refractivity contribution in [2.45, 2.75) is 20.4 Å². The predicted octanol–water partition coefficient (Wildman–Crippen LogP) is 1.64. The molecular weight excluding hydrogens is 248 g/mol. The molecule has 0 bridgehead atoms. The topological polar surface area (TPSA) is 70.7 Å². The highest BCUT2D eigenvalue weighted by Gasteiger charge is 2.07. The molecular formula is C12H16N4OS. The first-order chi connectivity index (χ1) is 8.65. The van der Waals surface area contributed by atoms with Gasteiger partial charge in [-0.3, -0.25) is 4.79 Å². The fourth-order valence-corrected chi connectivity index (χ4v) is 2.26. The zero-order valence-corrected chi connectivity index (χ0v) is 11.3. The predicted molar refractivity (Wildman–Crippen MR) is 72.5 cm³/mol. The Labute approximate surface area is 109 Å². The van der Waals surface area contributed by atoms with Gasteiger partial charge in [0, 0.05) is 12.6 Å². The molecule has 0 atom stereocenters. The SMILES string of the molecule is CC(C)CNCc1nnc(-c2cccc(=O)[nH]2)s1. The minimum atomic E-state index is -0.123. The second-order valence-corrected chi connectivity index (χ2v) is 5.52. The van der Waals surface area contributed by atoms with Crippen LogP contribution in [0.2, 0.25) is 0 Å². The maximum absolute atomic E-state index is 11.2. The molecule has 2 rings (SSSR count). The van der Waals surface area contributed by atoms with E-state index in [4.69, 9.17) is 0 Å². The van der Waals surface area contributed by atoms with Crippen molar-refractivity contribution in [3.8, 4) is 10.7 Å². The Morgan fingerprint density at radius 1 is 1.39 bits per heavy atom. The zero-order valence-electron chi connectivity index (χ0n) is 10.4. The van der Waals surface area contributed by atoms with Gasteiger partial charge in [0.2, 0.25) is 5.56 Å². The Balaban J connectivity index is 2.04. The Bertz CT molecular complexity index is 561. The van der Waals surface area contributed by atoms with Gasteiger partial charge in [-0.25, -0.2) is 0 Å². The van der Waals surface area contributed by atoms with Crippen LogP contribution in [0.1, 0.15) is 18.9 Å². The molecule has 0 unspecified atom stereocenters.